The number of aromatic nitrogens is 4. The fourth-order valence-electron chi connectivity index (χ4n) is 10.7. The van der Waals surface area contributed by atoms with Crippen molar-refractivity contribution in [1.29, 1.82) is 0 Å². The van der Waals surface area contributed by atoms with Gasteiger partial charge in [-0.1, -0.05) is 200 Å². The van der Waals surface area contributed by atoms with E-state index in [4.69, 9.17) is 54.0 Å². The van der Waals surface area contributed by atoms with Crippen LogP contribution < -0.4 is 35.3 Å². The maximum atomic E-state index is 12.7. The Hall–Kier alpha value is -14.6. The van der Waals surface area contributed by atoms with Gasteiger partial charge in [-0.2, -0.15) is 26.3 Å². The Kier molecular flexibility index (Phi) is 31.1. The number of rotatable bonds is 21. The van der Waals surface area contributed by atoms with Crippen LogP contribution in [0.4, 0.5) is 55.4 Å². The van der Waals surface area contributed by atoms with Crippen LogP contribution in [0.1, 0.15) is 49.3 Å². The molecule has 0 amide bonds. The zero-order chi connectivity index (χ0) is 81.3. The molecule has 16 aromatic rings. The molecule has 0 radical (unpaired) electrons. The summed E-state index contributed by atoms with van der Waals surface area (Å²) in [5, 5.41) is 15.5. The number of phenols is 1. The molecule has 4 heterocycles. The quantitative estimate of drug-likeness (QED) is 0.0296. The molecule has 0 saturated heterocycles. The number of ether oxygens (including phenoxy) is 4. The second-order valence-corrected chi connectivity index (χ2v) is 25.3. The molecule has 0 aliphatic heterocycles. The number of alkyl halides is 6. The Bertz CT molecular complexity index is 5590. The average Bonchev–Trinajstić information content (AvgIpc) is 1.80. The third kappa shape index (κ3) is 26.5. The Morgan fingerprint density at radius 3 is 1.11 bits per heavy atom. The van der Waals surface area contributed by atoms with Crippen LogP contribution in [0.15, 0.2) is 364 Å². The standard InChI is InChI=1S/C23H17F3N2O2.C16H12ClNO2.C16H11F3N2O2.C16H13NO2.C14H12O2.C7H9N.H2O/c24-23(25,26)17-10-12-18(13-11-17)28-22-27-14-21(30-22)19-8-4-5-9-20(19)29-15-16-6-2-1-3-7-16;17-16-18-10-15(20-16)13-8-4-5-9-14(13)19-11-12-6-2-1-3-7-12;17-16(18,19)10-5-7-11(8-6-10)21-15-20-9-14(23-15)12-3-1-2-4-13(12)22;1-2-6-13(7-3-1)11-18-15-9-5-4-8-14(15)16-10-17-12-19-16;15-10-13-8-4-5-9-14(13)16-11-12-6-2-1-3-7-12;1-6-2-4-7(8)5-3-6;/h1-14H,15H2,(H,27,28);1-10H,11H2;1-9,22H,(H,20,21);1-10,12H,11H2;1-10H,11H2;2-5H,8H2,1H3;1H2. The van der Waals surface area contributed by atoms with Crippen molar-refractivity contribution < 1.29 is 78.3 Å². The maximum absolute atomic E-state index is 12.7. The SMILES string of the molecule is Cc1ccc(N)cc1.Clc1ncc(-c2ccccc2OCc2ccccc2)o1.FC(F)(F)c1ccc(Nc2ncc(-c3ccccc3OCc3ccccc3)o2)cc1.O.O=Cc1ccccc1OCc1ccccc1.Oc1ccccc1-c1cnc(Nc2ccc(C(F)(F)F)cc2)o1.c1ccc(COc2ccccc2-c2cnco2)cc1. The van der Waals surface area contributed by atoms with Crippen molar-refractivity contribution in [3.8, 4) is 74.0 Å². The fraction of sp³-hybridized carbons (Fsp3) is 0.0761. The van der Waals surface area contributed by atoms with Gasteiger partial charge in [0.05, 0.1) is 63.7 Å². The number of nitrogens with two attached hydrogens (primary N) is 1. The zero-order valence-electron chi connectivity index (χ0n) is 62.4. The Morgan fingerprint density at radius 2 is 0.744 bits per heavy atom. The van der Waals surface area contributed by atoms with Crippen LogP contribution in [0.5, 0.6) is 28.7 Å². The van der Waals surface area contributed by atoms with Crippen molar-refractivity contribution in [3.63, 3.8) is 0 Å². The molecular formula is C92H76ClF6N7O11. The van der Waals surface area contributed by atoms with E-state index in [1.165, 1.54) is 54.7 Å². The lowest BCUT2D eigenvalue weighted by atomic mass is 10.1. The molecule has 0 saturated carbocycles. The lowest BCUT2D eigenvalue weighted by molar-refractivity contribution is -0.138. The van der Waals surface area contributed by atoms with Gasteiger partial charge in [-0.05, 0) is 162 Å². The lowest BCUT2D eigenvalue weighted by Gasteiger charge is -2.10. The first-order valence-corrected chi connectivity index (χ1v) is 36.1. The summed E-state index contributed by atoms with van der Waals surface area (Å²) in [5.74, 6) is 4.98. The summed E-state index contributed by atoms with van der Waals surface area (Å²) in [6.07, 6.45) is -0.294. The van der Waals surface area contributed by atoms with Crippen LogP contribution in [-0.2, 0) is 38.8 Å². The van der Waals surface area contributed by atoms with Gasteiger partial charge < -0.3 is 63.6 Å². The first-order valence-electron chi connectivity index (χ1n) is 35.8. The Labute approximate surface area is 674 Å². The molecular weight excluding hydrogens is 1530 g/mol. The van der Waals surface area contributed by atoms with E-state index in [2.05, 4.69) is 30.6 Å². The van der Waals surface area contributed by atoms with Gasteiger partial charge in [-0.25, -0.2) is 19.9 Å². The first kappa shape index (κ1) is 84.8. The molecule has 16 rings (SSSR count). The number of aromatic hydroxyl groups is 1. The van der Waals surface area contributed by atoms with Gasteiger partial charge in [0.2, 0.25) is 0 Å². The molecule has 4 aromatic heterocycles. The lowest BCUT2D eigenvalue weighted by Crippen LogP contribution is -2.04. The summed E-state index contributed by atoms with van der Waals surface area (Å²) < 4.78 is 121. The number of phenolic OH excluding ortho intramolecular Hbond substituents is 1. The van der Waals surface area contributed by atoms with E-state index in [0.29, 0.717) is 83.5 Å². The number of hydrogen-bond acceptors (Lipinski definition) is 17. The van der Waals surface area contributed by atoms with Crippen LogP contribution in [0, 0.1) is 6.92 Å². The Morgan fingerprint density at radius 1 is 0.402 bits per heavy atom. The van der Waals surface area contributed by atoms with Crippen molar-refractivity contribution in [2.45, 2.75) is 45.7 Å². The minimum atomic E-state index is -4.38. The number of para-hydroxylation sites is 5. The summed E-state index contributed by atoms with van der Waals surface area (Å²) in [6, 6.07) is 93.6. The summed E-state index contributed by atoms with van der Waals surface area (Å²) >= 11 is 5.72. The van der Waals surface area contributed by atoms with E-state index in [1.54, 1.807) is 42.7 Å². The highest BCUT2D eigenvalue weighted by Gasteiger charge is 2.31. The third-order valence-corrected chi connectivity index (χ3v) is 16.7. The van der Waals surface area contributed by atoms with Gasteiger partial charge in [0.25, 0.3) is 17.4 Å². The van der Waals surface area contributed by atoms with Crippen molar-refractivity contribution >= 4 is 47.0 Å². The van der Waals surface area contributed by atoms with E-state index >= 15 is 0 Å². The fourth-order valence-corrected chi connectivity index (χ4v) is 10.8. The number of carbonyl (C=O) groups is 1. The van der Waals surface area contributed by atoms with Gasteiger partial charge in [0, 0.05) is 17.1 Å². The molecule has 0 atom stereocenters. The molecule has 7 N–H and O–H groups in total. The number of carbonyl (C=O) groups excluding carboxylic acids is 1. The predicted octanol–water partition coefficient (Wildman–Crippen LogP) is 23.8. The molecule has 25 heteroatoms. The van der Waals surface area contributed by atoms with Crippen LogP contribution in [0.2, 0.25) is 5.35 Å². The highest BCUT2D eigenvalue weighted by atomic mass is 35.5. The second-order valence-electron chi connectivity index (χ2n) is 25.0. The van der Waals surface area contributed by atoms with Gasteiger partial charge >= 0.3 is 12.4 Å². The molecule has 0 aliphatic rings. The van der Waals surface area contributed by atoms with Crippen molar-refractivity contribution in [2.75, 3.05) is 16.4 Å². The van der Waals surface area contributed by atoms with Crippen molar-refractivity contribution in [1.82, 2.24) is 19.9 Å². The summed E-state index contributed by atoms with van der Waals surface area (Å²) in [4.78, 5) is 26.7. The van der Waals surface area contributed by atoms with E-state index in [-0.39, 0.29) is 28.6 Å². The van der Waals surface area contributed by atoms with Crippen molar-refractivity contribution in [2.24, 2.45) is 0 Å². The van der Waals surface area contributed by atoms with Crippen LogP contribution >= 0.6 is 11.6 Å². The molecule has 0 unspecified atom stereocenters. The van der Waals surface area contributed by atoms with E-state index in [1.807, 2.05) is 237 Å². The molecule has 0 fully saturated rings. The minimum Gasteiger partial charge on any atom is -0.507 e. The molecule has 12 aromatic carbocycles. The summed E-state index contributed by atoms with van der Waals surface area (Å²) in [7, 11) is 0. The van der Waals surface area contributed by atoms with E-state index in [0.717, 1.165) is 86.7 Å². The number of aryl methyl sites for hydroxylation is 1. The number of nitrogens with zero attached hydrogens (tertiary/aromatic N) is 4. The number of benzene rings is 12. The highest BCUT2D eigenvalue weighted by Crippen LogP contribution is 2.38. The number of nitrogen functional groups attached to an aromatic ring is 1. The molecule has 594 valence electrons. The van der Waals surface area contributed by atoms with Gasteiger partial charge in [0.1, 0.15) is 55.2 Å². The first-order chi connectivity index (χ1) is 56.4. The summed E-state index contributed by atoms with van der Waals surface area (Å²) in [5.41, 5.74) is 14.8. The number of hydrogen-bond donors (Lipinski definition) is 4. The number of oxazole rings is 4. The Balaban J connectivity index is 0.000000152. The average molecular weight is 1610 g/mol. The second kappa shape index (κ2) is 42.9. The van der Waals surface area contributed by atoms with Gasteiger partial charge in [-0.15, -0.1) is 0 Å². The minimum absolute atomic E-state index is 0. The largest absolute Gasteiger partial charge is 0.507 e. The van der Waals surface area contributed by atoms with Crippen molar-refractivity contribution in [3.05, 3.63) is 396 Å². The molecule has 117 heavy (non-hydrogen) atoms. The number of aldehydes is 1. The molecule has 0 bridgehead atoms. The smallest absolute Gasteiger partial charge is 0.416 e. The highest BCUT2D eigenvalue weighted by molar-refractivity contribution is 6.27. The topological polar surface area (TPSA) is 260 Å². The predicted molar refractivity (Wildman–Crippen MR) is 438 cm³/mol. The molecule has 0 aliphatic carbocycles. The van der Waals surface area contributed by atoms with E-state index in [9.17, 15) is 36.2 Å². The third-order valence-electron chi connectivity index (χ3n) is 16.5. The molecule has 18 nitrogen and oxygen atoms in total. The maximum Gasteiger partial charge on any atom is 0.416 e. The van der Waals surface area contributed by atoms with Gasteiger partial charge in [0.15, 0.2) is 35.7 Å². The summed E-state index contributed by atoms with van der Waals surface area (Å²) in [6.45, 7) is 3.96. The van der Waals surface area contributed by atoms with Crippen LogP contribution in [0.3, 0.4) is 0 Å². The number of anilines is 5. The number of halogens is 7. The zero-order valence-corrected chi connectivity index (χ0v) is 63.2. The number of nitrogens with one attached hydrogen (secondary N) is 2. The van der Waals surface area contributed by atoms with Crippen LogP contribution in [0.25, 0.3) is 45.3 Å². The normalized spacial score (nSPS) is 10.6. The van der Waals surface area contributed by atoms with Crippen LogP contribution in [-0.4, -0.2) is 36.8 Å². The molecule has 0 spiro atoms. The van der Waals surface area contributed by atoms with E-state index < -0.39 is 23.5 Å². The monoisotopic (exact) mass is 1600 g/mol. The van der Waals surface area contributed by atoms with Gasteiger partial charge in [-0.3, -0.25) is 4.79 Å².